The molecule has 2 heterocycles. The first-order valence-corrected chi connectivity index (χ1v) is 8.90. The lowest BCUT2D eigenvalue weighted by molar-refractivity contribution is -0.131. The van der Waals surface area contributed by atoms with Crippen LogP contribution in [0.15, 0.2) is 22.8 Å². The second-order valence-corrected chi connectivity index (χ2v) is 7.86. The van der Waals surface area contributed by atoms with Crippen LogP contribution >= 0.6 is 15.9 Å². The number of rotatable bonds is 3. The Labute approximate surface area is 151 Å². The number of alkyl carbamates (subject to hydrolysis) is 1. The summed E-state index contributed by atoms with van der Waals surface area (Å²) in [6.45, 7) is 6.78. The minimum Gasteiger partial charge on any atom is -0.444 e. The van der Waals surface area contributed by atoms with Crippen LogP contribution in [-0.4, -0.2) is 46.6 Å². The van der Waals surface area contributed by atoms with Crippen LogP contribution in [0.4, 0.5) is 4.79 Å². The van der Waals surface area contributed by atoms with E-state index in [0.29, 0.717) is 19.5 Å². The van der Waals surface area contributed by atoms with Crippen LogP contribution in [0.25, 0.3) is 0 Å². The smallest absolute Gasteiger partial charge is 0.407 e. The maximum absolute atomic E-state index is 12.3. The van der Waals surface area contributed by atoms with E-state index in [-0.39, 0.29) is 11.9 Å². The van der Waals surface area contributed by atoms with Gasteiger partial charge in [0.15, 0.2) is 0 Å². The number of pyridine rings is 1. The van der Waals surface area contributed by atoms with Crippen molar-refractivity contribution >= 4 is 27.9 Å². The molecule has 132 valence electrons. The molecule has 2 amide bonds. The van der Waals surface area contributed by atoms with Crippen LogP contribution in [0.5, 0.6) is 0 Å². The second kappa shape index (κ2) is 7.96. The standard InChI is InChI=1S/C17H24BrN3O3/c1-17(2,3)24-16(23)20-13-6-8-21(9-7-13)15(22)10-14-5-4-12(18)11-19-14/h4-5,11,13H,6-10H2,1-3H3,(H,20,23). The molecule has 1 saturated heterocycles. The molecule has 0 spiro atoms. The van der Waals surface area contributed by atoms with Crippen molar-refractivity contribution in [2.75, 3.05) is 13.1 Å². The summed E-state index contributed by atoms with van der Waals surface area (Å²) in [5, 5.41) is 2.87. The topological polar surface area (TPSA) is 71.5 Å². The van der Waals surface area contributed by atoms with Crippen molar-refractivity contribution in [1.82, 2.24) is 15.2 Å². The largest absolute Gasteiger partial charge is 0.444 e. The van der Waals surface area contributed by atoms with Crippen LogP contribution in [0.3, 0.4) is 0 Å². The lowest BCUT2D eigenvalue weighted by Gasteiger charge is -2.32. The van der Waals surface area contributed by atoms with Crippen LogP contribution in [0.2, 0.25) is 0 Å². The van der Waals surface area contributed by atoms with Crippen molar-refractivity contribution in [2.45, 2.75) is 51.7 Å². The third-order valence-corrected chi connectivity index (χ3v) is 4.16. The number of carbonyl (C=O) groups is 2. The van der Waals surface area contributed by atoms with Gasteiger partial charge in [0.1, 0.15) is 5.60 Å². The number of nitrogens with zero attached hydrogens (tertiary/aromatic N) is 2. The molecule has 0 aliphatic carbocycles. The Morgan fingerprint density at radius 2 is 2.00 bits per heavy atom. The highest BCUT2D eigenvalue weighted by atomic mass is 79.9. The highest BCUT2D eigenvalue weighted by Gasteiger charge is 2.25. The van der Waals surface area contributed by atoms with Gasteiger partial charge in [0.25, 0.3) is 0 Å². The first-order valence-electron chi connectivity index (χ1n) is 8.10. The Kier molecular flexibility index (Phi) is 6.21. The fourth-order valence-corrected chi connectivity index (χ4v) is 2.76. The highest BCUT2D eigenvalue weighted by Crippen LogP contribution is 2.14. The van der Waals surface area contributed by atoms with Crippen molar-refractivity contribution < 1.29 is 14.3 Å². The van der Waals surface area contributed by atoms with Crippen molar-refractivity contribution in [2.24, 2.45) is 0 Å². The first kappa shape index (κ1) is 18.7. The molecule has 6 nitrogen and oxygen atoms in total. The lowest BCUT2D eigenvalue weighted by atomic mass is 10.0. The summed E-state index contributed by atoms with van der Waals surface area (Å²) in [6, 6.07) is 3.78. The lowest BCUT2D eigenvalue weighted by Crippen LogP contribution is -2.48. The van der Waals surface area contributed by atoms with Crippen LogP contribution in [-0.2, 0) is 16.0 Å². The monoisotopic (exact) mass is 397 g/mol. The number of hydrogen-bond donors (Lipinski definition) is 1. The van der Waals surface area contributed by atoms with Gasteiger partial charge in [-0.2, -0.15) is 0 Å². The number of aromatic nitrogens is 1. The molecule has 1 aliphatic rings. The molecule has 0 atom stereocenters. The second-order valence-electron chi connectivity index (χ2n) is 6.95. The maximum atomic E-state index is 12.3. The van der Waals surface area contributed by atoms with E-state index in [0.717, 1.165) is 23.0 Å². The number of hydrogen-bond acceptors (Lipinski definition) is 4. The van der Waals surface area contributed by atoms with E-state index in [1.54, 1.807) is 6.20 Å². The number of halogens is 1. The van der Waals surface area contributed by atoms with Gasteiger partial charge in [0, 0.05) is 35.5 Å². The third-order valence-electron chi connectivity index (χ3n) is 3.69. The third kappa shape index (κ3) is 6.11. The number of nitrogens with one attached hydrogen (secondary N) is 1. The molecular weight excluding hydrogens is 374 g/mol. The summed E-state index contributed by atoms with van der Waals surface area (Å²) in [7, 11) is 0. The molecule has 0 aromatic carbocycles. The molecule has 1 aromatic heterocycles. The average molecular weight is 398 g/mol. The van der Waals surface area contributed by atoms with Crippen LogP contribution < -0.4 is 5.32 Å². The van der Waals surface area contributed by atoms with E-state index < -0.39 is 11.7 Å². The van der Waals surface area contributed by atoms with Gasteiger partial charge in [-0.1, -0.05) is 0 Å². The average Bonchev–Trinajstić information content (AvgIpc) is 2.48. The fourth-order valence-electron chi connectivity index (χ4n) is 2.53. The van der Waals surface area contributed by atoms with Crippen molar-refractivity contribution in [3.63, 3.8) is 0 Å². The quantitative estimate of drug-likeness (QED) is 0.850. The SMILES string of the molecule is CC(C)(C)OC(=O)NC1CCN(C(=O)Cc2ccc(Br)cn2)CC1. The Bertz CT molecular complexity index is 576. The van der Waals surface area contributed by atoms with Gasteiger partial charge in [0.2, 0.25) is 5.91 Å². The summed E-state index contributed by atoms with van der Waals surface area (Å²) < 4.78 is 6.16. The van der Waals surface area contributed by atoms with Gasteiger partial charge in [-0.15, -0.1) is 0 Å². The van der Waals surface area contributed by atoms with Gasteiger partial charge in [-0.3, -0.25) is 9.78 Å². The van der Waals surface area contributed by atoms with E-state index >= 15 is 0 Å². The molecule has 2 rings (SSSR count). The number of likely N-dealkylation sites (tertiary alicyclic amines) is 1. The minimum absolute atomic E-state index is 0.0507. The molecule has 1 N–H and O–H groups in total. The number of piperidine rings is 1. The summed E-state index contributed by atoms with van der Waals surface area (Å²) in [6.07, 6.45) is 3.07. The molecular formula is C17H24BrN3O3. The maximum Gasteiger partial charge on any atom is 0.407 e. The van der Waals surface area contributed by atoms with Gasteiger partial charge in [0.05, 0.1) is 6.42 Å². The Balaban J connectivity index is 1.76. The van der Waals surface area contributed by atoms with Gasteiger partial charge < -0.3 is 15.0 Å². The van der Waals surface area contributed by atoms with E-state index in [9.17, 15) is 9.59 Å². The predicted octanol–water partition coefficient (Wildman–Crippen LogP) is 2.90. The Morgan fingerprint density at radius 3 is 2.54 bits per heavy atom. The van der Waals surface area contributed by atoms with Crippen molar-refractivity contribution in [3.8, 4) is 0 Å². The zero-order valence-electron chi connectivity index (χ0n) is 14.3. The van der Waals surface area contributed by atoms with Crippen molar-refractivity contribution in [1.29, 1.82) is 0 Å². The minimum atomic E-state index is -0.502. The Hall–Kier alpha value is -1.63. The molecule has 0 saturated carbocycles. The highest BCUT2D eigenvalue weighted by molar-refractivity contribution is 9.10. The number of ether oxygens (including phenoxy) is 1. The summed E-state index contributed by atoms with van der Waals surface area (Å²) in [5.41, 5.74) is 0.260. The van der Waals surface area contributed by atoms with Gasteiger partial charge in [-0.25, -0.2) is 4.79 Å². The zero-order valence-corrected chi connectivity index (χ0v) is 15.9. The normalized spacial score (nSPS) is 15.9. The number of amides is 2. The van der Waals surface area contributed by atoms with E-state index in [1.807, 2.05) is 37.8 Å². The van der Waals surface area contributed by atoms with E-state index in [2.05, 4.69) is 26.2 Å². The van der Waals surface area contributed by atoms with Gasteiger partial charge in [-0.05, 0) is 61.7 Å². The molecule has 1 fully saturated rings. The molecule has 0 bridgehead atoms. The molecule has 7 heteroatoms. The molecule has 24 heavy (non-hydrogen) atoms. The fraction of sp³-hybridized carbons (Fsp3) is 0.588. The summed E-state index contributed by atoms with van der Waals surface area (Å²) in [5.74, 6) is 0.0699. The zero-order chi connectivity index (χ0) is 17.7. The summed E-state index contributed by atoms with van der Waals surface area (Å²) in [4.78, 5) is 30.2. The predicted molar refractivity (Wildman–Crippen MR) is 94.6 cm³/mol. The van der Waals surface area contributed by atoms with Crippen molar-refractivity contribution in [3.05, 3.63) is 28.5 Å². The first-order chi connectivity index (χ1) is 11.2. The van der Waals surface area contributed by atoms with E-state index in [1.165, 1.54) is 0 Å². The molecule has 1 aromatic rings. The molecule has 0 radical (unpaired) electrons. The van der Waals surface area contributed by atoms with Crippen LogP contribution in [0, 0.1) is 0 Å². The van der Waals surface area contributed by atoms with E-state index in [4.69, 9.17) is 4.74 Å². The number of carbonyl (C=O) groups excluding carboxylic acids is 2. The molecule has 1 aliphatic heterocycles. The summed E-state index contributed by atoms with van der Waals surface area (Å²) >= 11 is 3.33. The van der Waals surface area contributed by atoms with Crippen LogP contribution in [0.1, 0.15) is 39.3 Å². The molecule has 0 unspecified atom stereocenters. The van der Waals surface area contributed by atoms with Gasteiger partial charge >= 0.3 is 6.09 Å². The Morgan fingerprint density at radius 1 is 1.33 bits per heavy atom.